The maximum atomic E-state index is 11.8. The molecule has 9 heteroatoms. The number of aliphatic hydroxyl groups is 1. The van der Waals surface area contributed by atoms with Crippen molar-refractivity contribution in [2.24, 2.45) is 0 Å². The first-order valence-corrected chi connectivity index (χ1v) is 6.42. The molecule has 2 rings (SSSR count). The number of alkyl carbamates (subject to hydrolysis) is 1. The van der Waals surface area contributed by atoms with Gasteiger partial charge < -0.3 is 19.9 Å². The second-order valence-corrected chi connectivity index (χ2v) is 4.76. The van der Waals surface area contributed by atoms with E-state index >= 15 is 0 Å². The van der Waals surface area contributed by atoms with E-state index in [0.717, 1.165) is 0 Å². The maximum Gasteiger partial charge on any atom is 0.406 e. The fourth-order valence-electron chi connectivity index (χ4n) is 2.07. The van der Waals surface area contributed by atoms with Crippen molar-refractivity contribution in [1.29, 1.82) is 0 Å². The van der Waals surface area contributed by atoms with E-state index in [1.54, 1.807) is 6.92 Å². The molecule has 1 aliphatic rings. The fourth-order valence-corrected chi connectivity index (χ4v) is 2.07. The van der Waals surface area contributed by atoms with Crippen LogP contribution in [0.1, 0.15) is 18.2 Å². The lowest BCUT2D eigenvalue weighted by molar-refractivity contribution is -0.0488. The van der Waals surface area contributed by atoms with Gasteiger partial charge >= 0.3 is 11.8 Å². The highest BCUT2D eigenvalue weighted by molar-refractivity contribution is 5.66. The molecular weight excluding hydrogens is 282 g/mol. The number of hydrogen-bond donors (Lipinski definition) is 3. The number of nitrogens with one attached hydrogen (secondary N) is 2. The normalized spacial score (nSPS) is 24.8. The second kappa shape index (κ2) is 6.10. The summed E-state index contributed by atoms with van der Waals surface area (Å²) in [4.78, 5) is 36.2. The molecule has 21 heavy (non-hydrogen) atoms. The smallest absolute Gasteiger partial charge is 0.406 e. The lowest BCUT2D eigenvalue weighted by atomic mass is 10.2. The third-order valence-corrected chi connectivity index (χ3v) is 3.24. The van der Waals surface area contributed by atoms with Crippen LogP contribution in [-0.2, 0) is 9.47 Å². The summed E-state index contributed by atoms with van der Waals surface area (Å²) in [6.45, 7) is 1.43. The van der Waals surface area contributed by atoms with Gasteiger partial charge in [0.05, 0.1) is 6.10 Å². The van der Waals surface area contributed by atoms with Crippen molar-refractivity contribution in [3.8, 4) is 0 Å². The van der Waals surface area contributed by atoms with Crippen LogP contribution in [0.2, 0.25) is 0 Å². The van der Waals surface area contributed by atoms with Crippen molar-refractivity contribution in [1.82, 2.24) is 14.9 Å². The van der Waals surface area contributed by atoms with Gasteiger partial charge in [0, 0.05) is 25.2 Å². The Balaban J connectivity index is 2.10. The summed E-state index contributed by atoms with van der Waals surface area (Å²) in [5, 5.41) is 12.2. The van der Waals surface area contributed by atoms with E-state index in [1.807, 2.05) is 0 Å². The summed E-state index contributed by atoms with van der Waals surface area (Å²) in [6.07, 6.45) is -1.42. The monoisotopic (exact) mass is 299 g/mol. The summed E-state index contributed by atoms with van der Waals surface area (Å²) in [5.74, 6) is 0. The number of hydrogen-bond acceptors (Lipinski definition) is 6. The fraction of sp³-hybridized carbons (Fsp3) is 0.583. The van der Waals surface area contributed by atoms with Crippen molar-refractivity contribution < 1.29 is 19.4 Å². The average molecular weight is 299 g/mol. The van der Waals surface area contributed by atoms with Crippen molar-refractivity contribution >= 4 is 6.09 Å². The largest absolute Gasteiger partial charge is 0.447 e. The molecule has 0 saturated carbocycles. The molecule has 2 heterocycles. The van der Waals surface area contributed by atoms with Crippen LogP contribution < -0.4 is 16.6 Å². The van der Waals surface area contributed by atoms with Crippen molar-refractivity contribution in [3.63, 3.8) is 0 Å². The Morgan fingerprint density at radius 2 is 2.33 bits per heavy atom. The highest BCUT2D eigenvalue weighted by Crippen LogP contribution is 2.27. The van der Waals surface area contributed by atoms with Crippen LogP contribution in [0.3, 0.4) is 0 Å². The van der Waals surface area contributed by atoms with Gasteiger partial charge in [0.1, 0.15) is 18.9 Å². The number of aryl methyl sites for hydroxylation is 1. The maximum absolute atomic E-state index is 11.8. The molecule has 0 aromatic carbocycles. The Kier molecular flexibility index (Phi) is 4.43. The molecule has 116 valence electrons. The SMILES string of the molecule is CNC(=O)OC[C@H]1O[C@@H](n2cc(C)c(=O)[nH]c2=O)C[C@@H]1O. The standard InChI is InChI=1S/C12H17N3O6/c1-6-4-15(11(18)14-10(6)17)9-3-7(16)8(21-9)5-20-12(19)13-2/h4,7-9,16H,3,5H2,1-2H3,(H,13,19)(H,14,17,18)/t7-,8+,9+/m0/s1. The van der Waals surface area contributed by atoms with E-state index < -0.39 is 35.8 Å². The Morgan fingerprint density at radius 3 is 3.00 bits per heavy atom. The highest BCUT2D eigenvalue weighted by atomic mass is 16.6. The van der Waals surface area contributed by atoms with Gasteiger partial charge in [-0.15, -0.1) is 0 Å². The molecular formula is C12H17N3O6. The van der Waals surface area contributed by atoms with Gasteiger partial charge in [-0.05, 0) is 6.92 Å². The molecule has 0 radical (unpaired) electrons. The van der Waals surface area contributed by atoms with E-state index in [2.05, 4.69) is 10.3 Å². The van der Waals surface area contributed by atoms with Gasteiger partial charge in [0.25, 0.3) is 5.56 Å². The quantitative estimate of drug-likeness (QED) is 0.647. The van der Waals surface area contributed by atoms with Gasteiger partial charge in [0.15, 0.2) is 0 Å². The summed E-state index contributed by atoms with van der Waals surface area (Å²) >= 11 is 0. The number of carbonyl (C=O) groups is 1. The highest BCUT2D eigenvalue weighted by Gasteiger charge is 2.36. The molecule has 9 nitrogen and oxygen atoms in total. The van der Waals surface area contributed by atoms with Gasteiger partial charge in [-0.3, -0.25) is 14.3 Å². The molecule has 0 spiro atoms. The zero-order chi connectivity index (χ0) is 15.6. The molecule has 0 aliphatic carbocycles. The molecule has 1 amide bonds. The second-order valence-electron chi connectivity index (χ2n) is 4.76. The van der Waals surface area contributed by atoms with E-state index in [1.165, 1.54) is 17.8 Å². The first kappa shape index (κ1) is 15.3. The number of aromatic nitrogens is 2. The molecule has 1 aromatic rings. The minimum atomic E-state index is -0.876. The summed E-state index contributed by atoms with van der Waals surface area (Å²) in [5.41, 5.74) is -0.720. The topological polar surface area (TPSA) is 123 Å². The third kappa shape index (κ3) is 3.31. The van der Waals surface area contributed by atoms with E-state index in [-0.39, 0.29) is 13.0 Å². The van der Waals surface area contributed by atoms with Gasteiger partial charge in [-0.25, -0.2) is 9.59 Å². The molecule has 3 atom stereocenters. The summed E-state index contributed by atoms with van der Waals surface area (Å²) in [6, 6.07) is 0. The Labute approximate surface area is 119 Å². The minimum Gasteiger partial charge on any atom is -0.447 e. The zero-order valence-corrected chi connectivity index (χ0v) is 11.7. The molecule has 1 saturated heterocycles. The minimum absolute atomic E-state index is 0.131. The van der Waals surface area contributed by atoms with Crippen LogP contribution in [-0.4, -0.2) is 46.6 Å². The number of carbonyl (C=O) groups excluding carboxylic acids is 1. The summed E-state index contributed by atoms with van der Waals surface area (Å²) in [7, 11) is 1.42. The van der Waals surface area contributed by atoms with Crippen molar-refractivity contribution in [3.05, 3.63) is 32.6 Å². The number of amides is 1. The Morgan fingerprint density at radius 1 is 1.62 bits per heavy atom. The van der Waals surface area contributed by atoms with Crippen molar-refractivity contribution in [2.75, 3.05) is 13.7 Å². The lowest BCUT2D eigenvalue weighted by Crippen LogP contribution is -2.34. The number of ether oxygens (including phenoxy) is 2. The Bertz CT molecular complexity index is 637. The van der Waals surface area contributed by atoms with Crippen LogP contribution in [0.4, 0.5) is 4.79 Å². The predicted molar refractivity (Wildman–Crippen MR) is 71.0 cm³/mol. The van der Waals surface area contributed by atoms with Crippen molar-refractivity contribution in [2.45, 2.75) is 31.8 Å². The summed E-state index contributed by atoms with van der Waals surface area (Å²) < 4.78 is 11.5. The molecule has 0 unspecified atom stereocenters. The van der Waals surface area contributed by atoms with E-state index in [4.69, 9.17) is 9.47 Å². The average Bonchev–Trinajstić information content (AvgIpc) is 2.81. The number of rotatable bonds is 3. The first-order valence-electron chi connectivity index (χ1n) is 6.42. The third-order valence-electron chi connectivity index (χ3n) is 3.24. The van der Waals surface area contributed by atoms with E-state index in [0.29, 0.717) is 5.56 Å². The van der Waals surface area contributed by atoms with E-state index in [9.17, 15) is 19.5 Å². The Hall–Kier alpha value is -2.13. The first-order chi connectivity index (χ1) is 9.92. The number of nitrogens with zero attached hydrogens (tertiary/aromatic N) is 1. The molecule has 3 N–H and O–H groups in total. The molecule has 1 aliphatic heterocycles. The van der Waals surface area contributed by atoms with Gasteiger partial charge in [-0.2, -0.15) is 0 Å². The molecule has 0 bridgehead atoms. The number of aromatic amines is 1. The van der Waals surface area contributed by atoms with Crippen LogP contribution in [0, 0.1) is 6.92 Å². The lowest BCUT2D eigenvalue weighted by Gasteiger charge is -2.16. The van der Waals surface area contributed by atoms with Crippen LogP contribution in [0.15, 0.2) is 15.8 Å². The zero-order valence-electron chi connectivity index (χ0n) is 11.7. The van der Waals surface area contributed by atoms with Gasteiger partial charge in [-0.1, -0.05) is 0 Å². The predicted octanol–water partition coefficient (Wildman–Crippen LogP) is -1.15. The molecule has 1 fully saturated rings. The van der Waals surface area contributed by atoms with Gasteiger partial charge in [0.2, 0.25) is 0 Å². The van der Waals surface area contributed by atoms with Crippen LogP contribution in [0.25, 0.3) is 0 Å². The van der Waals surface area contributed by atoms with Crippen LogP contribution in [0.5, 0.6) is 0 Å². The molecule has 1 aromatic heterocycles. The number of aliphatic hydroxyl groups excluding tert-OH is 1. The number of H-pyrrole nitrogens is 1. The van der Waals surface area contributed by atoms with Crippen LogP contribution >= 0.6 is 0 Å².